The Labute approximate surface area is 137 Å². The SMILES string of the molecule is CC(=CC(=O)NCCc1ccccc1F)CCc1ccccc1. The molecule has 0 saturated heterocycles. The zero-order chi connectivity index (χ0) is 16.5. The predicted octanol–water partition coefficient (Wildman–Crippen LogP) is 4.06. The van der Waals surface area contributed by atoms with Gasteiger partial charge in [0, 0.05) is 12.6 Å². The lowest BCUT2D eigenvalue weighted by Crippen LogP contribution is -2.24. The molecular formula is C20H22FNO. The smallest absolute Gasteiger partial charge is 0.243 e. The number of rotatable bonds is 7. The zero-order valence-corrected chi connectivity index (χ0v) is 13.4. The third-order valence-corrected chi connectivity index (χ3v) is 3.68. The molecule has 0 atom stereocenters. The molecule has 0 heterocycles. The summed E-state index contributed by atoms with van der Waals surface area (Å²) in [5, 5.41) is 2.81. The van der Waals surface area contributed by atoms with E-state index in [0.717, 1.165) is 18.4 Å². The number of amides is 1. The van der Waals surface area contributed by atoms with Crippen LogP contribution in [0.5, 0.6) is 0 Å². The lowest BCUT2D eigenvalue weighted by Gasteiger charge is -2.05. The normalized spacial score (nSPS) is 11.3. The summed E-state index contributed by atoms with van der Waals surface area (Å²) in [5.74, 6) is -0.344. The van der Waals surface area contributed by atoms with Crippen LogP contribution in [0, 0.1) is 5.82 Å². The second-order valence-electron chi connectivity index (χ2n) is 5.61. The van der Waals surface area contributed by atoms with Crippen molar-refractivity contribution >= 4 is 5.91 Å². The average Bonchev–Trinajstić information content (AvgIpc) is 2.56. The summed E-state index contributed by atoms with van der Waals surface area (Å²) in [5.41, 5.74) is 2.93. The first-order chi connectivity index (χ1) is 11.1. The Kier molecular flexibility index (Phi) is 6.55. The molecule has 0 aliphatic rings. The van der Waals surface area contributed by atoms with Gasteiger partial charge in [-0.15, -0.1) is 0 Å². The fourth-order valence-corrected chi connectivity index (χ4v) is 2.35. The Hall–Kier alpha value is -2.42. The van der Waals surface area contributed by atoms with Gasteiger partial charge in [0.2, 0.25) is 5.91 Å². The van der Waals surface area contributed by atoms with Crippen LogP contribution in [0.25, 0.3) is 0 Å². The molecule has 2 nitrogen and oxygen atoms in total. The molecule has 23 heavy (non-hydrogen) atoms. The fourth-order valence-electron chi connectivity index (χ4n) is 2.35. The Morgan fingerprint density at radius 1 is 1.04 bits per heavy atom. The first-order valence-electron chi connectivity index (χ1n) is 7.87. The summed E-state index contributed by atoms with van der Waals surface area (Å²) in [6.45, 7) is 2.39. The summed E-state index contributed by atoms with van der Waals surface area (Å²) in [6, 6.07) is 16.8. The largest absolute Gasteiger partial charge is 0.352 e. The predicted molar refractivity (Wildman–Crippen MR) is 91.6 cm³/mol. The first kappa shape index (κ1) is 16.9. The van der Waals surface area contributed by atoms with Crippen molar-refractivity contribution in [3.63, 3.8) is 0 Å². The number of halogens is 1. The summed E-state index contributed by atoms with van der Waals surface area (Å²) < 4.78 is 13.5. The van der Waals surface area contributed by atoms with Crippen molar-refractivity contribution in [3.05, 3.63) is 83.2 Å². The molecule has 0 saturated carbocycles. The highest BCUT2D eigenvalue weighted by molar-refractivity contribution is 5.88. The number of carbonyl (C=O) groups is 1. The molecule has 0 bridgehead atoms. The van der Waals surface area contributed by atoms with Crippen LogP contribution in [0.1, 0.15) is 24.5 Å². The Bertz CT molecular complexity index is 664. The van der Waals surface area contributed by atoms with E-state index in [-0.39, 0.29) is 11.7 Å². The van der Waals surface area contributed by atoms with Gasteiger partial charge in [-0.3, -0.25) is 4.79 Å². The van der Waals surface area contributed by atoms with Crippen LogP contribution in [0.15, 0.2) is 66.2 Å². The van der Waals surface area contributed by atoms with E-state index in [4.69, 9.17) is 0 Å². The van der Waals surface area contributed by atoms with Crippen LogP contribution in [-0.2, 0) is 17.6 Å². The van der Waals surface area contributed by atoms with Gasteiger partial charge in [0.15, 0.2) is 0 Å². The first-order valence-corrected chi connectivity index (χ1v) is 7.87. The number of hydrogen-bond acceptors (Lipinski definition) is 1. The molecule has 2 aromatic rings. The van der Waals surface area contributed by atoms with E-state index < -0.39 is 0 Å². The lowest BCUT2D eigenvalue weighted by molar-refractivity contribution is -0.116. The minimum absolute atomic E-state index is 0.119. The second kappa shape index (κ2) is 8.89. The summed E-state index contributed by atoms with van der Waals surface area (Å²) in [4.78, 5) is 11.9. The highest BCUT2D eigenvalue weighted by Crippen LogP contribution is 2.09. The van der Waals surface area contributed by atoms with Crippen LogP contribution in [-0.4, -0.2) is 12.5 Å². The number of carbonyl (C=O) groups excluding carboxylic acids is 1. The molecule has 0 unspecified atom stereocenters. The van der Waals surface area contributed by atoms with E-state index >= 15 is 0 Å². The molecule has 0 aromatic heterocycles. The molecular weight excluding hydrogens is 289 g/mol. The van der Waals surface area contributed by atoms with Crippen molar-refractivity contribution in [2.24, 2.45) is 0 Å². The minimum Gasteiger partial charge on any atom is -0.352 e. The van der Waals surface area contributed by atoms with Gasteiger partial charge in [-0.05, 0) is 43.4 Å². The highest BCUT2D eigenvalue weighted by atomic mass is 19.1. The summed E-state index contributed by atoms with van der Waals surface area (Å²) in [6.07, 6.45) is 3.90. The third kappa shape index (κ3) is 6.07. The lowest BCUT2D eigenvalue weighted by atomic mass is 10.1. The van der Waals surface area contributed by atoms with Gasteiger partial charge in [-0.25, -0.2) is 4.39 Å². The van der Waals surface area contributed by atoms with Crippen molar-refractivity contribution in [1.29, 1.82) is 0 Å². The van der Waals surface area contributed by atoms with Gasteiger partial charge in [0.25, 0.3) is 0 Å². The zero-order valence-electron chi connectivity index (χ0n) is 13.4. The van der Waals surface area contributed by atoms with Gasteiger partial charge in [0.05, 0.1) is 0 Å². The molecule has 1 N–H and O–H groups in total. The maximum atomic E-state index is 13.5. The minimum atomic E-state index is -0.226. The van der Waals surface area contributed by atoms with Crippen LogP contribution in [0.4, 0.5) is 4.39 Å². The standard InChI is InChI=1S/C20H22FNO/c1-16(11-12-17-7-3-2-4-8-17)15-20(23)22-14-13-18-9-5-6-10-19(18)21/h2-10,15H,11-14H2,1H3,(H,22,23). The highest BCUT2D eigenvalue weighted by Gasteiger charge is 2.02. The molecule has 120 valence electrons. The Morgan fingerprint density at radius 2 is 1.74 bits per heavy atom. The van der Waals surface area contributed by atoms with E-state index in [9.17, 15) is 9.18 Å². The van der Waals surface area contributed by atoms with Crippen LogP contribution in [0.2, 0.25) is 0 Å². The fraction of sp³-hybridized carbons (Fsp3) is 0.250. The molecule has 0 spiro atoms. The monoisotopic (exact) mass is 311 g/mol. The van der Waals surface area contributed by atoms with Gasteiger partial charge in [-0.1, -0.05) is 54.1 Å². The van der Waals surface area contributed by atoms with Crippen molar-refractivity contribution in [2.75, 3.05) is 6.54 Å². The number of nitrogens with one attached hydrogen (secondary N) is 1. The van der Waals surface area contributed by atoms with E-state index in [1.165, 1.54) is 11.6 Å². The molecule has 3 heteroatoms. The summed E-state index contributed by atoms with van der Waals surface area (Å²) in [7, 11) is 0. The maximum Gasteiger partial charge on any atom is 0.243 e. The van der Waals surface area contributed by atoms with Gasteiger partial charge in [-0.2, -0.15) is 0 Å². The van der Waals surface area contributed by atoms with Crippen LogP contribution < -0.4 is 5.32 Å². The summed E-state index contributed by atoms with van der Waals surface area (Å²) >= 11 is 0. The van der Waals surface area contributed by atoms with Crippen molar-refractivity contribution in [3.8, 4) is 0 Å². The molecule has 0 fully saturated rings. The van der Waals surface area contributed by atoms with E-state index in [1.807, 2.05) is 25.1 Å². The second-order valence-corrected chi connectivity index (χ2v) is 5.61. The van der Waals surface area contributed by atoms with E-state index in [0.29, 0.717) is 18.5 Å². The molecule has 0 radical (unpaired) electrons. The molecule has 0 aliphatic carbocycles. The number of allylic oxidation sites excluding steroid dienone is 1. The molecule has 0 aliphatic heterocycles. The molecule has 1 amide bonds. The Morgan fingerprint density at radius 3 is 2.48 bits per heavy atom. The quantitative estimate of drug-likeness (QED) is 0.768. The maximum absolute atomic E-state index is 13.5. The van der Waals surface area contributed by atoms with Gasteiger partial charge in [0.1, 0.15) is 5.82 Å². The van der Waals surface area contributed by atoms with Crippen LogP contribution in [0.3, 0.4) is 0 Å². The topological polar surface area (TPSA) is 29.1 Å². The van der Waals surface area contributed by atoms with Crippen molar-refractivity contribution in [1.82, 2.24) is 5.32 Å². The molecule has 2 rings (SSSR count). The van der Waals surface area contributed by atoms with E-state index in [1.54, 1.807) is 24.3 Å². The Balaban J connectivity index is 1.74. The third-order valence-electron chi connectivity index (χ3n) is 3.68. The number of aryl methyl sites for hydroxylation is 1. The van der Waals surface area contributed by atoms with Crippen molar-refractivity contribution in [2.45, 2.75) is 26.2 Å². The average molecular weight is 311 g/mol. The van der Waals surface area contributed by atoms with Gasteiger partial charge < -0.3 is 5.32 Å². The van der Waals surface area contributed by atoms with Crippen LogP contribution >= 0.6 is 0 Å². The number of hydrogen-bond donors (Lipinski definition) is 1. The van der Waals surface area contributed by atoms with E-state index in [2.05, 4.69) is 17.4 Å². The number of benzene rings is 2. The van der Waals surface area contributed by atoms with Gasteiger partial charge >= 0.3 is 0 Å². The van der Waals surface area contributed by atoms with Crippen molar-refractivity contribution < 1.29 is 9.18 Å². The molecule has 2 aromatic carbocycles.